The molecule has 1 saturated carbocycles. The Morgan fingerprint density at radius 3 is 2.30 bits per heavy atom. The summed E-state index contributed by atoms with van der Waals surface area (Å²) in [6, 6.07) is 7.63. The molecule has 0 aliphatic heterocycles. The second-order valence-electron chi connectivity index (χ2n) is 6.58. The zero-order valence-corrected chi connectivity index (χ0v) is 16.2. The number of carboxylic acids is 1. The molecule has 1 amide bonds. The highest BCUT2D eigenvalue weighted by atomic mass is 35.5. The first-order valence-corrected chi connectivity index (χ1v) is 9.41. The summed E-state index contributed by atoms with van der Waals surface area (Å²) < 4.78 is 5.89. The fourth-order valence-corrected chi connectivity index (χ4v) is 3.74. The van der Waals surface area contributed by atoms with E-state index in [4.69, 9.17) is 33.0 Å². The summed E-state index contributed by atoms with van der Waals surface area (Å²) in [6.45, 7) is 1.67. The molecular formula is C20H19Cl2NO4. The zero-order chi connectivity index (χ0) is 19.6. The Bertz CT molecular complexity index is 869. The lowest BCUT2D eigenvalue weighted by atomic mass is 10.1. The maximum Gasteiger partial charge on any atom is 0.335 e. The van der Waals surface area contributed by atoms with Gasteiger partial charge in [0.2, 0.25) is 0 Å². The first kappa shape index (κ1) is 19.5. The van der Waals surface area contributed by atoms with Crippen molar-refractivity contribution in [2.45, 2.75) is 38.7 Å². The van der Waals surface area contributed by atoms with E-state index in [1.54, 1.807) is 13.0 Å². The van der Waals surface area contributed by atoms with Gasteiger partial charge in [0.1, 0.15) is 0 Å². The molecule has 0 aromatic heterocycles. The van der Waals surface area contributed by atoms with E-state index in [1.165, 1.54) is 24.3 Å². The van der Waals surface area contributed by atoms with Gasteiger partial charge < -0.3 is 15.2 Å². The quantitative estimate of drug-likeness (QED) is 0.678. The molecular weight excluding hydrogens is 389 g/mol. The standard InChI is InChI=1S/C20H19Cl2NO4/c1-11-8-13(6-7-15(11)20(25)26)23-19(24)12-9-16(21)18(17(22)10-12)27-14-4-2-3-5-14/h6-10,14H,2-5H2,1H3,(H,23,24)(H,25,26). The highest BCUT2D eigenvalue weighted by Gasteiger charge is 2.21. The van der Waals surface area contributed by atoms with Crippen LogP contribution >= 0.6 is 23.2 Å². The minimum atomic E-state index is -1.01. The monoisotopic (exact) mass is 407 g/mol. The average Bonchev–Trinajstić information content (AvgIpc) is 3.10. The molecule has 3 rings (SSSR count). The molecule has 2 aromatic carbocycles. The van der Waals surface area contributed by atoms with Crippen LogP contribution < -0.4 is 10.1 Å². The van der Waals surface area contributed by atoms with Crippen molar-refractivity contribution in [3.63, 3.8) is 0 Å². The Hall–Kier alpha value is -2.24. The Morgan fingerprint density at radius 2 is 1.74 bits per heavy atom. The third kappa shape index (κ3) is 4.54. The molecule has 0 radical (unpaired) electrons. The van der Waals surface area contributed by atoms with Gasteiger partial charge in [0.05, 0.1) is 21.7 Å². The van der Waals surface area contributed by atoms with Crippen molar-refractivity contribution < 1.29 is 19.4 Å². The topological polar surface area (TPSA) is 75.6 Å². The van der Waals surface area contributed by atoms with E-state index in [-0.39, 0.29) is 21.7 Å². The van der Waals surface area contributed by atoms with E-state index in [2.05, 4.69) is 5.32 Å². The predicted molar refractivity (Wildman–Crippen MR) is 105 cm³/mol. The Labute approximate surface area is 167 Å². The fraction of sp³-hybridized carbons (Fsp3) is 0.300. The summed E-state index contributed by atoms with van der Waals surface area (Å²) >= 11 is 12.6. The van der Waals surface area contributed by atoms with E-state index >= 15 is 0 Å². The number of carboxylic acid groups (broad SMARTS) is 1. The van der Waals surface area contributed by atoms with Gasteiger partial charge >= 0.3 is 5.97 Å². The van der Waals surface area contributed by atoms with Crippen LogP contribution in [0.15, 0.2) is 30.3 Å². The van der Waals surface area contributed by atoms with Gasteiger partial charge in [-0.25, -0.2) is 4.79 Å². The fourth-order valence-electron chi connectivity index (χ4n) is 3.16. The lowest BCUT2D eigenvalue weighted by molar-refractivity contribution is 0.0696. The van der Waals surface area contributed by atoms with Gasteiger partial charge in [-0.1, -0.05) is 23.2 Å². The van der Waals surface area contributed by atoms with Gasteiger partial charge in [-0.2, -0.15) is 0 Å². The highest BCUT2D eigenvalue weighted by molar-refractivity contribution is 6.37. The minimum absolute atomic E-state index is 0.107. The van der Waals surface area contributed by atoms with Crippen LogP contribution in [0.25, 0.3) is 0 Å². The molecule has 0 spiro atoms. The van der Waals surface area contributed by atoms with Crippen molar-refractivity contribution in [1.82, 2.24) is 0 Å². The first-order chi connectivity index (χ1) is 12.8. The molecule has 5 nitrogen and oxygen atoms in total. The lowest BCUT2D eigenvalue weighted by Gasteiger charge is -2.16. The largest absolute Gasteiger partial charge is 0.487 e. The number of anilines is 1. The molecule has 27 heavy (non-hydrogen) atoms. The summed E-state index contributed by atoms with van der Waals surface area (Å²) in [5, 5.41) is 12.4. The number of amides is 1. The van der Waals surface area contributed by atoms with Gasteiger partial charge in [0.25, 0.3) is 5.91 Å². The van der Waals surface area contributed by atoms with Crippen LogP contribution in [0.4, 0.5) is 5.69 Å². The van der Waals surface area contributed by atoms with Crippen molar-refractivity contribution in [3.8, 4) is 5.75 Å². The van der Waals surface area contributed by atoms with Crippen molar-refractivity contribution in [2.24, 2.45) is 0 Å². The average molecular weight is 408 g/mol. The maximum atomic E-state index is 12.5. The van der Waals surface area contributed by atoms with Crippen LogP contribution in [0.1, 0.15) is 52.0 Å². The molecule has 142 valence electrons. The van der Waals surface area contributed by atoms with Crippen LogP contribution in [-0.4, -0.2) is 23.1 Å². The molecule has 1 fully saturated rings. The summed E-state index contributed by atoms with van der Waals surface area (Å²) in [6.07, 6.45) is 4.30. The summed E-state index contributed by atoms with van der Waals surface area (Å²) in [5.41, 5.74) is 1.52. The molecule has 0 atom stereocenters. The number of aromatic carboxylic acids is 1. The van der Waals surface area contributed by atoms with E-state index in [9.17, 15) is 9.59 Å². The number of carbonyl (C=O) groups is 2. The van der Waals surface area contributed by atoms with Crippen LogP contribution in [-0.2, 0) is 0 Å². The second-order valence-corrected chi connectivity index (χ2v) is 7.40. The van der Waals surface area contributed by atoms with E-state index in [0.29, 0.717) is 22.6 Å². The molecule has 0 unspecified atom stereocenters. The van der Waals surface area contributed by atoms with E-state index in [0.717, 1.165) is 25.7 Å². The third-order valence-electron chi connectivity index (χ3n) is 4.56. The molecule has 1 aliphatic rings. The lowest BCUT2D eigenvalue weighted by Crippen LogP contribution is -2.14. The molecule has 7 heteroatoms. The number of nitrogens with one attached hydrogen (secondary N) is 1. The van der Waals surface area contributed by atoms with Crippen LogP contribution in [0.5, 0.6) is 5.75 Å². The summed E-state index contributed by atoms with van der Waals surface area (Å²) in [5.74, 6) is -1.00. The number of rotatable bonds is 5. The zero-order valence-electron chi connectivity index (χ0n) is 14.7. The van der Waals surface area contributed by atoms with Crippen molar-refractivity contribution in [3.05, 3.63) is 57.1 Å². The number of carbonyl (C=O) groups excluding carboxylic acids is 1. The smallest absolute Gasteiger partial charge is 0.335 e. The van der Waals surface area contributed by atoms with Gasteiger partial charge in [0.15, 0.2) is 5.75 Å². The van der Waals surface area contributed by atoms with Crippen molar-refractivity contribution in [2.75, 3.05) is 5.32 Å². The van der Waals surface area contributed by atoms with Gasteiger partial charge in [-0.05, 0) is 68.5 Å². The Balaban J connectivity index is 1.76. The van der Waals surface area contributed by atoms with Crippen molar-refractivity contribution >= 4 is 40.8 Å². The van der Waals surface area contributed by atoms with E-state index < -0.39 is 11.9 Å². The number of halogens is 2. The number of hydrogen-bond donors (Lipinski definition) is 2. The normalized spacial score (nSPS) is 14.2. The molecule has 1 aliphatic carbocycles. The van der Waals surface area contributed by atoms with Crippen LogP contribution in [0, 0.1) is 6.92 Å². The first-order valence-electron chi connectivity index (χ1n) is 8.66. The molecule has 0 saturated heterocycles. The predicted octanol–water partition coefficient (Wildman–Crippen LogP) is 5.57. The number of hydrogen-bond acceptors (Lipinski definition) is 3. The van der Waals surface area contributed by atoms with E-state index in [1.807, 2.05) is 0 Å². The summed E-state index contributed by atoms with van der Waals surface area (Å²) in [7, 11) is 0. The molecule has 2 aromatic rings. The molecule has 2 N–H and O–H groups in total. The van der Waals surface area contributed by atoms with Crippen LogP contribution in [0.3, 0.4) is 0 Å². The third-order valence-corrected chi connectivity index (χ3v) is 5.12. The van der Waals surface area contributed by atoms with Crippen molar-refractivity contribution in [1.29, 1.82) is 0 Å². The van der Waals surface area contributed by atoms with Crippen LogP contribution in [0.2, 0.25) is 10.0 Å². The van der Waals surface area contributed by atoms with Gasteiger partial charge in [-0.15, -0.1) is 0 Å². The second kappa shape index (κ2) is 8.19. The Kier molecular flexibility index (Phi) is 5.92. The number of ether oxygens (including phenoxy) is 1. The number of benzene rings is 2. The van der Waals surface area contributed by atoms with Gasteiger partial charge in [0, 0.05) is 11.3 Å². The SMILES string of the molecule is Cc1cc(NC(=O)c2cc(Cl)c(OC3CCCC3)c(Cl)c2)ccc1C(=O)O. The van der Waals surface area contributed by atoms with Gasteiger partial charge in [-0.3, -0.25) is 4.79 Å². The molecule has 0 heterocycles. The maximum absolute atomic E-state index is 12.5. The summed E-state index contributed by atoms with van der Waals surface area (Å²) in [4.78, 5) is 23.6. The molecule has 0 bridgehead atoms. The minimum Gasteiger partial charge on any atom is -0.487 e. The number of aryl methyl sites for hydroxylation is 1. The Morgan fingerprint density at radius 1 is 1.11 bits per heavy atom. The highest BCUT2D eigenvalue weighted by Crippen LogP contribution is 2.37.